The molecule has 0 nitrogen and oxygen atoms in total. The zero-order chi connectivity index (χ0) is 21.3. The van der Waals surface area contributed by atoms with E-state index in [0.717, 1.165) is 0 Å². The fourth-order valence-electron chi connectivity index (χ4n) is 6.95. The predicted molar refractivity (Wildman–Crippen MR) is 138 cm³/mol. The molecular weight excluding hydrogens is 456 g/mol. The maximum atomic E-state index is 4.05. The second-order valence-corrected chi connectivity index (χ2v) is 15.9. The quantitative estimate of drug-likeness (QED) is 0.320. The van der Waals surface area contributed by atoms with Crippen LogP contribution in [0, 0.1) is 0 Å². The molecular formula is C29H29BrSi. The van der Waals surface area contributed by atoms with E-state index >= 15 is 0 Å². The smallest absolute Gasteiger partial charge is 0.0679 e. The lowest BCUT2D eigenvalue weighted by molar-refractivity contribution is 0.681. The zero-order valence-corrected chi connectivity index (χ0v) is 21.2. The lowest BCUT2D eigenvalue weighted by atomic mass is 9.88. The number of fused-ring (bicyclic) bond motifs is 5. The van der Waals surface area contributed by atoms with Gasteiger partial charge in [-0.05, 0) is 93.0 Å². The Labute approximate surface area is 195 Å². The molecule has 3 aliphatic carbocycles. The van der Waals surface area contributed by atoms with Gasteiger partial charge in [-0.1, -0.05) is 79.3 Å². The third-order valence-corrected chi connectivity index (χ3v) is 13.4. The van der Waals surface area contributed by atoms with Crippen molar-refractivity contribution >= 4 is 30.1 Å². The van der Waals surface area contributed by atoms with Gasteiger partial charge in [0, 0.05) is 15.6 Å². The maximum Gasteiger partial charge on any atom is 0.0726 e. The molecule has 0 aromatic heterocycles. The van der Waals surface area contributed by atoms with Crippen LogP contribution in [-0.4, -0.2) is 8.07 Å². The van der Waals surface area contributed by atoms with Crippen molar-refractivity contribution in [2.24, 2.45) is 0 Å². The third kappa shape index (κ3) is 2.77. The minimum Gasteiger partial charge on any atom is -0.0679 e. The van der Waals surface area contributed by atoms with Crippen LogP contribution in [0.15, 0.2) is 64.6 Å². The van der Waals surface area contributed by atoms with Gasteiger partial charge in [0.15, 0.2) is 0 Å². The molecule has 0 fully saturated rings. The highest BCUT2D eigenvalue weighted by atomic mass is 79.9. The number of benzene rings is 3. The van der Waals surface area contributed by atoms with E-state index in [0.29, 0.717) is 11.1 Å². The second kappa shape index (κ2) is 7.05. The van der Waals surface area contributed by atoms with Crippen LogP contribution in [0.25, 0.3) is 17.2 Å². The molecule has 0 bridgehead atoms. The minimum absolute atomic E-state index is 0.536. The molecule has 0 spiro atoms. The number of halogens is 1. The van der Waals surface area contributed by atoms with Crippen molar-refractivity contribution in [1.29, 1.82) is 0 Å². The fraction of sp³-hybridized carbons (Fsp3) is 0.310. The van der Waals surface area contributed by atoms with Gasteiger partial charge in [0.05, 0.1) is 8.07 Å². The summed E-state index contributed by atoms with van der Waals surface area (Å²) in [6.45, 7) is 7.67. The van der Waals surface area contributed by atoms with Crippen molar-refractivity contribution in [2.75, 3.05) is 0 Å². The Morgan fingerprint density at radius 2 is 1.42 bits per heavy atom. The summed E-state index contributed by atoms with van der Waals surface area (Å²) in [5, 5.41) is 0. The van der Waals surface area contributed by atoms with Gasteiger partial charge in [-0.15, -0.1) is 0 Å². The molecule has 0 heterocycles. The highest BCUT2D eigenvalue weighted by Gasteiger charge is 2.48. The van der Waals surface area contributed by atoms with Gasteiger partial charge in [0.25, 0.3) is 0 Å². The Balaban J connectivity index is 1.54. The molecule has 3 aromatic carbocycles. The Morgan fingerprint density at radius 3 is 2.10 bits per heavy atom. The van der Waals surface area contributed by atoms with Crippen molar-refractivity contribution in [2.45, 2.75) is 56.8 Å². The van der Waals surface area contributed by atoms with Crippen LogP contribution in [0.2, 0.25) is 13.1 Å². The molecule has 1 unspecified atom stereocenters. The average molecular weight is 486 g/mol. The fourth-order valence-corrected chi connectivity index (χ4v) is 12.5. The van der Waals surface area contributed by atoms with E-state index in [1.165, 1.54) is 46.8 Å². The van der Waals surface area contributed by atoms with Crippen molar-refractivity contribution in [3.63, 3.8) is 0 Å². The summed E-state index contributed by atoms with van der Waals surface area (Å²) in [6, 6.07) is 20.9. The van der Waals surface area contributed by atoms with Crippen molar-refractivity contribution < 1.29 is 0 Å². The molecule has 3 aromatic rings. The molecule has 0 amide bonds. The first kappa shape index (κ1) is 19.8. The van der Waals surface area contributed by atoms with E-state index in [1.807, 2.05) is 0 Å². The van der Waals surface area contributed by atoms with Crippen LogP contribution < -0.4 is 0 Å². The second-order valence-electron chi connectivity index (χ2n) is 10.3. The van der Waals surface area contributed by atoms with E-state index < -0.39 is 8.07 Å². The van der Waals surface area contributed by atoms with E-state index in [4.69, 9.17) is 0 Å². The van der Waals surface area contributed by atoms with Gasteiger partial charge in [-0.25, -0.2) is 0 Å². The van der Waals surface area contributed by atoms with Crippen molar-refractivity contribution in [3.05, 3.63) is 98.0 Å². The summed E-state index contributed by atoms with van der Waals surface area (Å²) in [5.74, 6) is 0. The lowest BCUT2D eigenvalue weighted by Gasteiger charge is -2.39. The average Bonchev–Trinajstić information content (AvgIpc) is 3.29. The molecule has 0 saturated carbocycles. The first-order valence-corrected chi connectivity index (χ1v) is 15.6. The van der Waals surface area contributed by atoms with Crippen LogP contribution in [0.1, 0.15) is 64.2 Å². The van der Waals surface area contributed by atoms with Gasteiger partial charge in [-0.2, -0.15) is 0 Å². The summed E-state index contributed by atoms with van der Waals surface area (Å²) >= 11 is 4.05. The Hall–Kier alpha value is -1.90. The first-order valence-electron chi connectivity index (χ1n) is 11.7. The van der Waals surface area contributed by atoms with E-state index in [9.17, 15) is 0 Å². The zero-order valence-electron chi connectivity index (χ0n) is 18.6. The van der Waals surface area contributed by atoms with Gasteiger partial charge < -0.3 is 0 Å². The van der Waals surface area contributed by atoms with Gasteiger partial charge in [-0.3, -0.25) is 0 Å². The van der Waals surface area contributed by atoms with Gasteiger partial charge in [0.2, 0.25) is 0 Å². The largest absolute Gasteiger partial charge is 0.0726 e. The number of hydrogen-bond donors (Lipinski definition) is 0. The summed E-state index contributed by atoms with van der Waals surface area (Å²) in [7, 11) is -1.81. The summed E-state index contributed by atoms with van der Waals surface area (Å²) < 4.78 is 1.39. The standard InChI is InChI=1S/C29H29BrSi/c1-18-16-25-26(17-19-10-4-5-11-20(19)27(25)30)28(18)31(2,3)29-23-14-8-6-12-21(23)22-13-7-9-15-24(22)29/h6-9,12-17,28-29H,4-5,10-11H2,1-3H3. The minimum atomic E-state index is -1.81. The molecule has 156 valence electrons. The van der Waals surface area contributed by atoms with Crippen LogP contribution >= 0.6 is 15.9 Å². The number of aryl methyl sites for hydroxylation is 1. The van der Waals surface area contributed by atoms with Crippen molar-refractivity contribution in [3.8, 4) is 11.1 Å². The van der Waals surface area contributed by atoms with Crippen LogP contribution in [0.4, 0.5) is 0 Å². The van der Waals surface area contributed by atoms with Gasteiger partial charge in [0.1, 0.15) is 0 Å². The number of rotatable bonds is 2. The summed E-state index contributed by atoms with van der Waals surface area (Å²) in [4.78, 5) is 0. The molecule has 0 radical (unpaired) electrons. The molecule has 0 saturated heterocycles. The molecule has 1 atom stereocenters. The van der Waals surface area contributed by atoms with Gasteiger partial charge >= 0.3 is 0 Å². The molecule has 0 aliphatic heterocycles. The Bertz CT molecular complexity index is 1200. The van der Waals surface area contributed by atoms with Crippen LogP contribution in [0.3, 0.4) is 0 Å². The maximum absolute atomic E-state index is 4.05. The van der Waals surface area contributed by atoms with Crippen LogP contribution in [-0.2, 0) is 12.8 Å². The SMILES string of the molecule is CC1=Cc2c(cc3c(c2Br)CCCC3)C1[Si](C)(C)C1c2ccccc2-c2ccccc21. The lowest BCUT2D eigenvalue weighted by Crippen LogP contribution is -2.42. The molecule has 6 rings (SSSR count). The summed E-state index contributed by atoms with van der Waals surface area (Å²) in [6.07, 6.45) is 7.63. The van der Waals surface area contributed by atoms with E-state index in [2.05, 4.69) is 96.6 Å². The number of hydrogen-bond acceptors (Lipinski definition) is 0. The Kier molecular flexibility index (Phi) is 4.49. The van der Waals surface area contributed by atoms with E-state index in [1.54, 1.807) is 33.4 Å². The normalized spacial score (nSPS) is 19.5. The first-order chi connectivity index (χ1) is 15.0. The molecule has 31 heavy (non-hydrogen) atoms. The highest BCUT2D eigenvalue weighted by molar-refractivity contribution is 9.10. The topological polar surface area (TPSA) is 0 Å². The van der Waals surface area contributed by atoms with Crippen molar-refractivity contribution in [1.82, 2.24) is 0 Å². The number of allylic oxidation sites excluding steroid dienone is 1. The van der Waals surface area contributed by atoms with Crippen LogP contribution in [0.5, 0.6) is 0 Å². The Morgan fingerprint density at radius 1 is 0.806 bits per heavy atom. The molecule has 0 N–H and O–H groups in total. The molecule has 2 heteroatoms. The van der Waals surface area contributed by atoms with E-state index in [-0.39, 0.29) is 0 Å². The molecule has 3 aliphatic rings. The predicted octanol–water partition coefficient (Wildman–Crippen LogP) is 8.43. The summed E-state index contributed by atoms with van der Waals surface area (Å²) in [5.41, 5.74) is 14.9. The monoisotopic (exact) mass is 484 g/mol. The third-order valence-electron chi connectivity index (χ3n) is 8.11. The highest BCUT2D eigenvalue weighted by Crippen LogP contribution is 2.56.